The van der Waals surface area contributed by atoms with E-state index in [2.05, 4.69) is 32.2 Å². The molecule has 0 aliphatic carbocycles. The highest BCUT2D eigenvalue weighted by Crippen LogP contribution is 2.32. The molecule has 30 heavy (non-hydrogen) atoms. The van der Waals surface area contributed by atoms with Crippen molar-refractivity contribution in [2.24, 2.45) is 0 Å². The molecule has 0 spiro atoms. The molecule has 1 N–H and O–H groups in total. The van der Waals surface area contributed by atoms with Crippen molar-refractivity contribution < 1.29 is 18.7 Å². The van der Waals surface area contributed by atoms with Gasteiger partial charge in [0.25, 0.3) is 5.91 Å². The van der Waals surface area contributed by atoms with Crippen molar-refractivity contribution in [2.45, 2.75) is 46.3 Å². The predicted molar refractivity (Wildman–Crippen MR) is 117 cm³/mol. The number of benzene rings is 2. The molecule has 0 saturated carbocycles. The minimum absolute atomic E-state index is 0.0348. The average molecular weight is 408 g/mol. The quantitative estimate of drug-likeness (QED) is 0.537. The molecule has 0 radical (unpaired) electrons. The van der Waals surface area contributed by atoms with Crippen molar-refractivity contribution in [3.05, 3.63) is 83.3 Å². The van der Waals surface area contributed by atoms with Gasteiger partial charge in [0.05, 0.1) is 19.4 Å². The molecule has 5 heteroatoms. The van der Waals surface area contributed by atoms with Gasteiger partial charge in [-0.1, -0.05) is 39.0 Å². The molecule has 3 aromatic rings. The van der Waals surface area contributed by atoms with Crippen LogP contribution < -0.4 is 14.8 Å². The van der Waals surface area contributed by atoms with E-state index in [1.807, 2.05) is 43.3 Å². The number of para-hydroxylation sites is 1. The van der Waals surface area contributed by atoms with Crippen LogP contribution in [0.1, 0.15) is 54.9 Å². The summed E-state index contributed by atoms with van der Waals surface area (Å²) in [6.07, 6.45) is 1.59. The first-order chi connectivity index (χ1) is 14.4. The minimum atomic E-state index is -0.175. The Bertz CT molecular complexity index is 971. The van der Waals surface area contributed by atoms with E-state index in [0.717, 1.165) is 16.9 Å². The largest absolute Gasteiger partial charge is 0.493 e. The van der Waals surface area contributed by atoms with Crippen molar-refractivity contribution in [3.8, 4) is 11.5 Å². The van der Waals surface area contributed by atoms with Crippen molar-refractivity contribution in [1.29, 1.82) is 0 Å². The first kappa shape index (κ1) is 21.5. The summed E-state index contributed by atoms with van der Waals surface area (Å²) < 4.78 is 17.2. The summed E-state index contributed by atoms with van der Waals surface area (Å²) in [7, 11) is 0. The molecule has 2 aromatic carbocycles. The number of hydrogen-bond donors (Lipinski definition) is 1. The van der Waals surface area contributed by atoms with Gasteiger partial charge in [-0.2, -0.15) is 0 Å². The molecule has 158 valence electrons. The second-order valence-corrected chi connectivity index (χ2v) is 8.05. The highest BCUT2D eigenvalue weighted by Gasteiger charge is 2.19. The predicted octanol–water partition coefficient (Wildman–Crippen LogP) is 5.48. The third-order valence-corrected chi connectivity index (χ3v) is 4.70. The fraction of sp³-hybridized carbons (Fsp3) is 0.320. The maximum absolute atomic E-state index is 12.6. The van der Waals surface area contributed by atoms with Crippen LogP contribution in [0.15, 0.2) is 65.3 Å². The lowest BCUT2D eigenvalue weighted by Gasteiger charge is -2.23. The van der Waals surface area contributed by atoms with E-state index in [-0.39, 0.29) is 11.3 Å². The van der Waals surface area contributed by atoms with Gasteiger partial charge in [0.15, 0.2) is 0 Å². The Morgan fingerprint density at radius 2 is 1.80 bits per heavy atom. The van der Waals surface area contributed by atoms with Crippen LogP contribution in [0, 0.1) is 0 Å². The van der Waals surface area contributed by atoms with Gasteiger partial charge in [-0.15, -0.1) is 0 Å². The number of furan rings is 1. The van der Waals surface area contributed by atoms with Crippen molar-refractivity contribution >= 4 is 5.91 Å². The lowest BCUT2D eigenvalue weighted by atomic mass is 9.86. The van der Waals surface area contributed by atoms with Crippen LogP contribution in [-0.2, 0) is 18.6 Å². The highest BCUT2D eigenvalue weighted by atomic mass is 16.5. The highest BCUT2D eigenvalue weighted by molar-refractivity contribution is 5.94. The number of nitrogens with one attached hydrogen (secondary N) is 1. The Balaban J connectivity index is 1.77. The molecule has 0 atom stereocenters. The van der Waals surface area contributed by atoms with Gasteiger partial charge < -0.3 is 19.2 Å². The Morgan fingerprint density at radius 1 is 1.00 bits per heavy atom. The summed E-state index contributed by atoms with van der Waals surface area (Å²) in [4.78, 5) is 12.6. The number of amides is 1. The summed E-state index contributed by atoms with van der Waals surface area (Å²) in [5, 5.41) is 2.87. The van der Waals surface area contributed by atoms with Crippen molar-refractivity contribution in [3.63, 3.8) is 0 Å². The summed E-state index contributed by atoms with van der Waals surface area (Å²) >= 11 is 0. The number of ether oxygens (including phenoxy) is 2. The maximum Gasteiger partial charge on any atom is 0.251 e. The number of rotatable bonds is 8. The SMILES string of the molecule is CCOc1ccc(C(=O)NCc2ccco2)cc1COc1ccccc1C(C)(C)C. The molecule has 0 fully saturated rings. The van der Waals surface area contributed by atoms with Crippen LogP contribution in [0.25, 0.3) is 0 Å². The third kappa shape index (κ3) is 5.44. The van der Waals surface area contributed by atoms with Crippen molar-refractivity contribution in [2.75, 3.05) is 6.61 Å². The summed E-state index contributed by atoms with van der Waals surface area (Å²) in [6, 6.07) is 17.1. The summed E-state index contributed by atoms with van der Waals surface area (Å²) in [5.41, 5.74) is 2.47. The maximum atomic E-state index is 12.6. The first-order valence-corrected chi connectivity index (χ1v) is 10.2. The lowest BCUT2D eigenvalue weighted by Crippen LogP contribution is -2.22. The zero-order valence-electron chi connectivity index (χ0n) is 18.0. The van der Waals surface area contributed by atoms with Gasteiger partial charge in [-0.25, -0.2) is 0 Å². The molecule has 5 nitrogen and oxygen atoms in total. The van der Waals surface area contributed by atoms with E-state index in [9.17, 15) is 4.79 Å². The van der Waals surface area contributed by atoms with Gasteiger partial charge in [0.1, 0.15) is 23.9 Å². The molecular weight excluding hydrogens is 378 g/mol. The normalized spacial score (nSPS) is 11.2. The zero-order chi connectivity index (χ0) is 21.6. The van der Waals surface area contributed by atoms with E-state index in [0.29, 0.717) is 36.8 Å². The van der Waals surface area contributed by atoms with Crippen molar-refractivity contribution in [1.82, 2.24) is 5.32 Å². The molecule has 0 saturated heterocycles. The Kier molecular flexibility index (Phi) is 6.83. The third-order valence-electron chi connectivity index (χ3n) is 4.70. The minimum Gasteiger partial charge on any atom is -0.493 e. The van der Waals surface area contributed by atoms with Gasteiger partial charge in [-0.3, -0.25) is 4.79 Å². The Labute approximate surface area is 178 Å². The number of carbonyl (C=O) groups excluding carboxylic acids is 1. The van der Waals surface area contributed by atoms with Crippen LogP contribution in [0.5, 0.6) is 11.5 Å². The molecule has 3 rings (SSSR count). The van der Waals surface area contributed by atoms with Gasteiger partial charge in [0, 0.05) is 11.1 Å². The van der Waals surface area contributed by atoms with E-state index < -0.39 is 0 Å². The lowest BCUT2D eigenvalue weighted by molar-refractivity contribution is 0.0948. The zero-order valence-corrected chi connectivity index (χ0v) is 18.0. The molecule has 0 aliphatic rings. The molecule has 1 amide bonds. The molecule has 0 bridgehead atoms. The Morgan fingerprint density at radius 3 is 2.50 bits per heavy atom. The number of carbonyl (C=O) groups is 1. The van der Waals surface area contributed by atoms with Crippen LogP contribution in [0.2, 0.25) is 0 Å². The van der Waals surface area contributed by atoms with Gasteiger partial charge in [-0.05, 0) is 54.3 Å². The second-order valence-electron chi connectivity index (χ2n) is 8.05. The smallest absolute Gasteiger partial charge is 0.251 e. The van der Waals surface area contributed by atoms with E-state index in [4.69, 9.17) is 13.9 Å². The monoisotopic (exact) mass is 407 g/mol. The van der Waals surface area contributed by atoms with E-state index >= 15 is 0 Å². The van der Waals surface area contributed by atoms with Crippen LogP contribution in [0.3, 0.4) is 0 Å². The van der Waals surface area contributed by atoms with E-state index in [1.165, 1.54) is 0 Å². The molecule has 1 aromatic heterocycles. The van der Waals surface area contributed by atoms with Gasteiger partial charge >= 0.3 is 0 Å². The molecule has 0 unspecified atom stereocenters. The fourth-order valence-corrected chi connectivity index (χ4v) is 3.18. The second kappa shape index (κ2) is 9.53. The first-order valence-electron chi connectivity index (χ1n) is 10.2. The number of hydrogen-bond acceptors (Lipinski definition) is 4. The summed E-state index contributed by atoms with van der Waals surface area (Å²) in [6.45, 7) is 9.59. The van der Waals surface area contributed by atoms with Crippen LogP contribution >= 0.6 is 0 Å². The van der Waals surface area contributed by atoms with E-state index in [1.54, 1.807) is 18.4 Å². The molecule has 0 aliphatic heterocycles. The molecule has 1 heterocycles. The summed E-state index contributed by atoms with van der Waals surface area (Å²) in [5.74, 6) is 2.08. The standard InChI is InChI=1S/C25H29NO4/c1-5-28-22-13-12-18(24(27)26-16-20-9-8-14-29-20)15-19(22)17-30-23-11-7-6-10-21(23)25(2,3)4/h6-15H,5,16-17H2,1-4H3,(H,26,27). The average Bonchev–Trinajstić information content (AvgIpc) is 3.24. The van der Waals surface area contributed by atoms with Gasteiger partial charge in [0.2, 0.25) is 0 Å². The molecular formula is C25H29NO4. The fourth-order valence-electron chi connectivity index (χ4n) is 3.18. The Hall–Kier alpha value is -3.21. The van der Waals surface area contributed by atoms with Crippen LogP contribution in [0.4, 0.5) is 0 Å². The van der Waals surface area contributed by atoms with Crippen LogP contribution in [-0.4, -0.2) is 12.5 Å². The topological polar surface area (TPSA) is 60.7 Å².